The monoisotopic (exact) mass is 820 g/mol. The zero-order valence-corrected chi connectivity index (χ0v) is 39.5. The zero-order valence-electron chi connectivity index (χ0n) is 39.5. The molecule has 0 spiro atoms. The topological polar surface area (TPSA) is 36.1 Å². The van der Waals surface area contributed by atoms with E-state index in [1.54, 1.807) is 6.08 Å². The van der Waals surface area contributed by atoms with Crippen molar-refractivity contribution >= 4 is 44.9 Å². The number of anilines is 6. The Hall–Kier alpha value is -6.58. The predicted molar refractivity (Wildman–Crippen MR) is 277 cm³/mol. The van der Waals surface area contributed by atoms with E-state index < -0.39 is 0 Å². The lowest BCUT2D eigenvalue weighted by Crippen LogP contribution is -2.06. The molecule has 0 bridgehead atoms. The third-order valence-corrected chi connectivity index (χ3v) is 10.9. The van der Waals surface area contributed by atoms with Crippen LogP contribution in [0.3, 0.4) is 0 Å². The fraction of sp³-hybridized carbons (Fsp3) is 0.220. The van der Waals surface area contributed by atoms with Crippen molar-refractivity contribution in [2.75, 3.05) is 16.0 Å². The van der Waals surface area contributed by atoms with E-state index in [1.165, 1.54) is 94.6 Å². The molecule has 0 saturated heterocycles. The summed E-state index contributed by atoms with van der Waals surface area (Å²) >= 11 is 0. The average molecular weight is 820 g/mol. The highest BCUT2D eigenvalue weighted by Crippen LogP contribution is 2.41. The maximum atomic E-state index is 3.83. The molecule has 7 rings (SSSR count). The van der Waals surface area contributed by atoms with Gasteiger partial charge in [0, 0.05) is 45.4 Å². The molecule has 0 radical (unpaired) electrons. The summed E-state index contributed by atoms with van der Waals surface area (Å²) in [6, 6.07) is 44.9. The van der Waals surface area contributed by atoms with Gasteiger partial charge in [0.25, 0.3) is 0 Å². The van der Waals surface area contributed by atoms with Gasteiger partial charge in [-0.2, -0.15) is 0 Å². The van der Waals surface area contributed by atoms with Gasteiger partial charge in [-0.1, -0.05) is 146 Å². The van der Waals surface area contributed by atoms with Crippen LogP contribution < -0.4 is 16.0 Å². The molecule has 0 fully saturated rings. The number of hydrogen-bond donors (Lipinski definition) is 3. The second-order valence-corrected chi connectivity index (χ2v) is 15.9. The third-order valence-electron chi connectivity index (χ3n) is 10.9. The first-order valence-corrected chi connectivity index (χ1v) is 21.9. The fourth-order valence-corrected chi connectivity index (χ4v) is 8.44. The smallest absolute Gasteiger partial charge is 0.0464 e. The van der Waals surface area contributed by atoms with E-state index in [9.17, 15) is 0 Å². The van der Waals surface area contributed by atoms with E-state index in [4.69, 9.17) is 0 Å². The Morgan fingerprint density at radius 3 is 1.15 bits per heavy atom. The van der Waals surface area contributed by atoms with Crippen molar-refractivity contribution in [3.8, 4) is 0 Å². The van der Waals surface area contributed by atoms with Crippen LogP contribution in [0.1, 0.15) is 93.5 Å². The van der Waals surface area contributed by atoms with Crippen molar-refractivity contribution in [1.82, 2.24) is 0 Å². The number of fused-ring (bicyclic) bond motifs is 1. The largest absolute Gasteiger partial charge is 0.355 e. The maximum Gasteiger partial charge on any atom is 0.0464 e. The summed E-state index contributed by atoms with van der Waals surface area (Å²) in [6.45, 7) is 35.0. The molecule has 7 aromatic rings. The SMILES string of the molecule is C=C.C=C/C=C\C.CC.Cc1cc(C)c(Nc2ccc(C(c3ccc(Nc4c(C)cc(C)cc4C)cc3)c3ccc(Nc4c(C)cc(C)cc4C)c4ccccc34)cc2)c(C)c1. The van der Waals surface area contributed by atoms with Crippen LogP contribution in [0.5, 0.6) is 0 Å². The fourth-order valence-electron chi connectivity index (χ4n) is 8.44. The van der Waals surface area contributed by atoms with Crippen molar-refractivity contribution in [1.29, 1.82) is 0 Å². The molecule has 0 aliphatic heterocycles. The molecule has 320 valence electrons. The second kappa shape index (κ2) is 22.9. The minimum Gasteiger partial charge on any atom is -0.355 e. The van der Waals surface area contributed by atoms with Gasteiger partial charge in [0.1, 0.15) is 0 Å². The summed E-state index contributed by atoms with van der Waals surface area (Å²) in [7, 11) is 0. The van der Waals surface area contributed by atoms with Crippen LogP contribution in [-0.4, -0.2) is 0 Å². The van der Waals surface area contributed by atoms with Crippen molar-refractivity contribution in [2.45, 2.75) is 89.0 Å². The molecule has 62 heavy (non-hydrogen) atoms. The molecule has 7 aromatic carbocycles. The van der Waals surface area contributed by atoms with E-state index in [0.717, 1.165) is 17.1 Å². The Morgan fingerprint density at radius 1 is 0.452 bits per heavy atom. The highest BCUT2D eigenvalue weighted by molar-refractivity contribution is 5.98. The van der Waals surface area contributed by atoms with E-state index in [2.05, 4.69) is 219 Å². The van der Waals surface area contributed by atoms with Crippen LogP contribution in [0.2, 0.25) is 0 Å². The van der Waals surface area contributed by atoms with Gasteiger partial charge < -0.3 is 16.0 Å². The molecule has 0 atom stereocenters. The molecular weight excluding hydrogens is 751 g/mol. The Labute approximate surface area is 374 Å². The molecule has 0 unspecified atom stereocenters. The van der Waals surface area contributed by atoms with E-state index in [-0.39, 0.29) is 5.92 Å². The van der Waals surface area contributed by atoms with Crippen LogP contribution in [0, 0.1) is 62.3 Å². The molecule has 0 amide bonds. The first-order valence-electron chi connectivity index (χ1n) is 21.9. The number of allylic oxidation sites excluding steroid dienone is 3. The van der Waals surface area contributed by atoms with Gasteiger partial charge in [0.2, 0.25) is 0 Å². The van der Waals surface area contributed by atoms with Gasteiger partial charge in [-0.05, 0) is 155 Å². The van der Waals surface area contributed by atoms with Crippen molar-refractivity contribution < 1.29 is 0 Å². The zero-order chi connectivity index (χ0) is 45.5. The molecule has 0 aliphatic rings. The maximum absolute atomic E-state index is 3.83. The van der Waals surface area contributed by atoms with Crippen molar-refractivity contribution in [3.63, 3.8) is 0 Å². The molecule has 3 heteroatoms. The molecule has 0 aromatic heterocycles. The van der Waals surface area contributed by atoms with Gasteiger partial charge in [-0.3, -0.25) is 0 Å². The number of nitrogens with one attached hydrogen (secondary N) is 3. The summed E-state index contributed by atoms with van der Waals surface area (Å²) in [5.74, 6) is 0.0191. The molecule has 3 nitrogen and oxygen atoms in total. The molecule has 0 heterocycles. The van der Waals surface area contributed by atoms with E-state index in [1.807, 2.05) is 32.9 Å². The number of rotatable bonds is 10. The first kappa shape index (κ1) is 48.1. The van der Waals surface area contributed by atoms with Gasteiger partial charge in [0.15, 0.2) is 0 Å². The minimum absolute atomic E-state index is 0.0191. The lowest BCUT2D eigenvalue weighted by Gasteiger charge is -2.24. The molecule has 0 saturated carbocycles. The molecular formula is C59H69N3. The Morgan fingerprint density at radius 2 is 0.806 bits per heavy atom. The summed E-state index contributed by atoms with van der Waals surface area (Å²) in [5, 5.41) is 13.7. The first-order chi connectivity index (χ1) is 29.9. The van der Waals surface area contributed by atoms with Crippen LogP contribution >= 0.6 is 0 Å². The number of benzene rings is 7. The van der Waals surface area contributed by atoms with Crippen molar-refractivity contribution in [3.05, 3.63) is 226 Å². The van der Waals surface area contributed by atoms with Crippen LogP contribution in [0.15, 0.2) is 159 Å². The van der Waals surface area contributed by atoms with Gasteiger partial charge >= 0.3 is 0 Å². The summed E-state index contributed by atoms with van der Waals surface area (Å²) < 4.78 is 0. The van der Waals surface area contributed by atoms with Crippen LogP contribution in [0.25, 0.3) is 10.8 Å². The summed E-state index contributed by atoms with van der Waals surface area (Å²) in [6.07, 6.45) is 5.58. The normalized spacial score (nSPS) is 10.5. The highest BCUT2D eigenvalue weighted by Gasteiger charge is 2.21. The van der Waals surface area contributed by atoms with Gasteiger partial charge in [-0.25, -0.2) is 0 Å². The lowest BCUT2D eigenvalue weighted by molar-refractivity contribution is 0.989. The third kappa shape index (κ3) is 11.8. The van der Waals surface area contributed by atoms with Gasteiger partial charge in [0.05, 0.1) is 0 Å². The van der Waals surface area contributed by atoms with Crippen LogP contribution in [-0.2, 0) is 0 Å². The van der Waals surface area contributed by atoms with E-state index in [0.29, 0.717) is 0 Å². The minimum atomic E-state index is 0.0191. The predicted octanol–water partition coefficient (Wildman–Crippen LogP) is 17.6. The van der Waals surface area contributed by atoms with Gasteiger partial charge in [-0.15, -0.1) is 13.2 Å². The number of hydrogen-bond acceptors (Lipinski definition) is 3. The summed E-state index contributed by atoms with van der Waals surface area (Å²) in [5.41, 5.74) is 22.0. The molecule has 3 N–H and O–H groups in total. The Kier molecular flexibility index (Phi) is 17.7. The second-order valence-electron chi connectivity index (χ2n) is 15.9. The number of aryl methyl sites for hydroxylation is 9. The van der Waals surface area contributed by atoms with Crippen LogP contribution in [0.4, 0.5) is 34.1 Å². The average Bonchev–Trinajstić information content (AvgIpc) is 3.25. The quantitative estimate of drug-likeness (QED) is 0.0731. The Balaban J connectivity index is 0.000000866. The summed E-state index contributed by atoms with van der Waals surface area (Å²) in [4.78, 5) is 0. The van der Waals surface area contributed by atoms with Crippen molar-refractivity contribution in [2.24, 2.45) is 0 Å². The highest BCUT2D eigenvalue weighted by atomic mass is 14.9. The van der Waals surface area contributed by atoms with E-state index >= 15 is 0 Å². The molecule has 0 aliphatic carbocycles. The Bertz CT molecular complexity index is 2440. The standard InChI is InChI=1S/C50H51N3.C5H8.C2H6.C2H4/c1-30-24-33(4)48(34(5)25-30)51-41-18-14-39(15-19-41)47(40-16-20-42(21-17-40)52-49-35(6)26-31(2)27-36(49)7)45-22-23-46(44-13-11-10-12-43(44)45)53-50-37(8)28-32(3)29-38(50)9;1-3-5-4-2;2*1-2/h10-29,47,51-53H,1-9H3;3-5H,1H2,2H3;1-2H3;1-2H2/b;5-4-;;. The lowest BCUT2D eigenvalue weighted by atomic mass is 9.82.